The second kappa shape index (κ2) is 6.07. The van der Waals surface area contributed by atoms with Gasteiger partial charge in [-0.2, -0.15) is 0 Å². The van der Waals surface area contributed by atoms with E-state index in [0.29, 0.717) is 26.9 Å². The number of carbonyl (C=O) groups is 1. The average molecular weight is 313 g/mol. The van der Waals surface area contributed by atoms with E-state index >= 15 is 0 Å². The Bertz CT molecular complexity index is 494. The van der Waals surface area contributed by atoms with Crippen LogP contribution in [-0.4, -0.2) is 5.78 Å². The lowest BCUT2D eigenvalue weighted by Crippen LogP contribution is -2.29. The molecule has 1 saturated carbocycles. The summed E-state index contributed by atoms with van der Waals surface area (Å²) in [4.78, 5) is 12.6. The van der Waals surface area contributed by atoms with Crippen LogP contribution < -0.4 is 0 Å². The summed E-state index contributed by atoms with van der Waals surface area (Å²) in [6.07, 6.45) is 4.17. The molecule has 0 atom stereocenters. The first-order valence-corrected chi connectivity index (χ1v) is 8.04. The zero-order valence-corrected chi connectivity index (χ0v) is 13.9. The van der Waals surface area contributed by atoms with Crippen molar-refractivity contribution >= 4 is 29.0 Å². The monoisotopic (exact) mass is 312 g/mol. The van der Waals surface area contributed by atoms with Crippen LogP contribution in [0, 0.1) is 17.3 Å². The van der Waals surface area contributed by atoms with Gasteiger partial charge in [0.15, 0.2) is 5.78 Å². The van der Waals surface area contributed by atoms with Crippen molar-refractivity contribution in [2.45, 2.75) is 46.5 Å². The molecule has 1 nitrogen and oxygen atoms in total. The Morgan fingerprint density at radius 3 is 2.25 bits per heavy atom. The Morgan fingerprint density at radius 2 is 1.70 bits per heavy atom. The summed E-state index contributed by atoms with van der Waals surface area (Å²) in [5.74, 6) is 0.968. The van der Waals surface area contributed by atoms with Gasteiger partial charge in [0.25, 0.3) is 0 Å². The first-order valence-electron chi connectivity index (χ1n) is 7.28. The fourth-order valence-electron chi connectivity index (χ4n) is 3.13. The van der Waals surface area contributed by atoms with Crippen molar-refractivity contribution in [3.05, 3.63) is 33.8 Å². The third-order valence-electron chi connectivity index (χ3n) is 4.52. The van der Waals surface area contributed by atoms with Gasteiger partial charge in [0.1, 0.15) is 0 Å². The van der Waals surface area contributed by atoms with Gasteiger partial charge < -0.3 is 0 Å². The van der Waals surface area contributed by atoms with Gasteiger partial charge in [-0.05, 0) is 55.2 Å². The molecule has 3 heteroatoms. The third kappa shape index (κ3) is 3.56. The molecule has 1 aliphatic rings. The van der Waals surface area contributed by atoms with Gasteiger partial charge in [-0.1, -0.05) is 44.0 Å². The Kier molecular flexibility index (Phi) is 4.81. The van der Waals surface area contributed by atoms with E-state index in [0.717, 1.165) is 25.7 Å². The number of carbonyl (C=O) groups excluding carboxylic acids is 1. The van der Waals surface area contributed by atoms with Crippen LogP contribution in [0.15, 0.2) is 18.2 Å². The summed E-state index contributed by atoms with van der Waals surface area (Å²) >= 11 is 12.1. The number of hydrogen-bond donors (Lipinski definition) is 0. The molecule has 20 heavy (non-hydrogen) atoms. The molecular formula is C17H22Cl2O. The quantitative estimate of drug-likeness (QED) is 0.609. The van der Waals surface area contributed by atoms with Crippen molar-refractivity contribution in [2.24, 2.45) is 17.3 Å². The number of halogens is 2. The molecule has 0 spiro atoms. The highest BCUT2D eigenvalue weighted by Crippen LogP contribution is 2.41. The minimum Gasteiger partial charge on any atom is -0.294 e. The van der Waals surface area contributed by atoms with Crippen LogP contribution >= 0.6 is 23.2 Å². The van der Waals surface area contributed by atoms with Gasteiger partial charge in [-0.15, -0.1) is 0 Å². The molecule has 0 bridgehead atoms. The molecule has 110 valence electrons. The van der Waals surface area contributed by atoms with Crippen molar-refractivity contribution in [3.8, 4) is 0 Å². The summed E-state index contributed by atoms with van der Waals surface area (Å²) in [6.45, 7) is 6.86. The van der Waals surface area contributed by atoms with Crippen molar-refractivity contribution in [2.75, 3.05) is 0 Å². The highest BCUT2D eigenvalue weighted by atomic mass is 35.5. The zero-order chi connectivity index (χ0) is 14.9. The minimum atomic E-state index is 0.101. The SMILES string of the molecule is CC(C)(C)C1CCC(C(=O)c2cc(Cl)ccc2Cl)CC1. The van der Waals surface area contributed by atoms with E-state index in [1.54, 1.807) is 18.2 Å². The molecule has 2 rings (SSSR count). The number of rotatable bonds is 2. The number of Topliss-reactive ketones (excluding diaryl/α,β-unsaturated/α-hetero) is 1. The smallest absolute Gasteiger partial charge is 0.167 e. The molecule has 1 aliphatic carbocycles. The molecule has 1 aromatic carbocycles. The first-order chi connectivity index (χ1) is 9.29. The van der Waals surface area contributed by atoms with Crippen molar-refractivity contribution in [3.63, 3.8) is 0 Å². The Hall–Kier alpha value is -0.530. The van der Waals surface area contributed by atoms with E-state index in [-0.39, 0.29) is 11.7 Å². The highest BCUT2D eigenvalue weighted by molar-refractivity contribution is 6.36. The third-order valence-corrected chi connectivity index (χ3v) is 5.08. The van der Waals surface area contributed by atoms with Crippen LogP contribution in [0.1, 0.15) is 56.8 Å². The molecular weight excluding hydrogens is 291 g/mol. The molecule has 0 amide bonds. The van der Waals surface area contributed by atoms with E-state index in [2.05, 4.69) is 20.8 Å². The van der Waals surface area contributed by atoms with E-state index in [4.69, 9.17) is 23.2 Å². The van der Waals surface area contributed by atoms with Crippen molar-refractivity contribution in [1.29, 1.82) is 0 Å². The second-order valence-electron chi connectivity index (χ2n) is 6.90. The maximum absolute atomic E-state index is 12.6. The number of benzene rings is 1. The molecule has 0 N–H and O–H groups in total. The first kappa shape index (κ1) is 15.9. The maximum atomic E-state index is 12.6. The van der Waals surface area contributed by atoms with Crippen LogP contribution in [0.5, 0.6) is 0 Å². The summed E-state index contributed by atoms with van der Waals surface area (Å²) in [6, 6.07) is 5.12. The van der Waals surface area contributed by atoms with Gasteiger partial charge in [-0.3, -0.25) is 4.79 Å². The highest BCUT2D eigenvalue weighted by Gasteiger charge is 2.33. The van der Waals surface area contributed by atoms with Gasteiger partial charge >= 0.3 is 0 Å². The molecule has 0 unspecified atom stereocenters. The summed E-state index contributed by atoms with van der Waals surface area (Å²) in [7, 11) is 0. The average Bonchev–Trinajstić information content (AvgIpc) is 2.40. The molecule has 0 radical (unpaired) electrons. The van der Waals surface area contributed by atoms with Crippen LogP contribution in [0.4, 0.5) is 0 Å². The summed E-state index contributed by atoms with van der Waals surface area (Å²) < 4.78 is 0. The minimum absolute atomic E-state index is 0.101. The largest absolute Gasteiger partial charge is 0.294 e. The fourth-order valence-corrected chi connectivity index (χ4v) is 3.51. The molecule has 0 aliphatic heterocycles. The standard InChI is InChI=1S/C17H22Cl2O/c1-17(2,3)12-6-4-11(5-7-12)16(20)14-10-13(18)8-9-15(14)19/h8-12H,4-7H2,1-3H3. The summed E-state index contributed by atoms with van der Waals surface area (Å²) in [5, 5.41) is 1.08. The van der Waals surface area contributed by atoms with Gasteiger partial charge in [-0.25, -0.2) is 0 Å². The molecule has 1 fully saturated rings. The van der Waals surface area contributed by atoms with Crippen molar-refractivity contribution in [1.82, 2.24) is 0 Å². The van der Waals surface area contributed by atoms with Crippen LogP contribution in [-0.2, 0) is 0 Å². The lowest BCUT2D eigenvalue weighted by Gasteiger charge is -2.36. The fraction of sp³-hybridized carbons (Fsp3) is 0.588. The summed E-state index contributed by atoms with van der Waals surface area (Å²) in [5.41, 5.74) is 0.917. The number of ketones is 1. The van der Waals surface area contributed by atoms with Gasteiger partial charge in [0.2, 0.25) is 0 Å². The lowest BCUT2D eigenvalue weighted by molar-refractivity contribution is 0.0819. The normalized spacial score (nSPS) is 23.6. The van der Waals surface area contributed by atoms with Crippen LogP contribution in [0.3, 0.4) is 0 Å². The van der Waals surface area contributed by atoms with Crippen LogP contribution in [0.25, 0.3) is 0 Å². The van der Waals surface area contributed by atoms with Gasteiger partial charge in [0.05, 0.1) is 5.02 Å². The topological polar surface area (TPSA) is 17.1 Å². The van der Waals surface area contributed by atoms with E-state index in [1.165, 1.54) is 0 Å². The van der Waals surface area contributed by atoms with Crippen molar-refractivity contribution < 1.29 is 4.79 Å². The van der Waals surface area contributed by atoms with E-state index in [1.807, 2.05) is 0 Å². The molecule has 0 heterocycles. The van der Waals surface area contributed by atoms with Crippen LogP contribution in [0.2, 0.25) is 10.0 Å². The lowest BCUT2D eigenvalue weighted by atomic mass is 9.69. The second-order valence-corrected chi connectivity index (χ2v) is 7.75. The molecule has 0 aromatic heterocycles. The van der Waals surface area contributed by atoms with E-state index < -0.39 is 0 Å². The predicted molar refractivity (Wildman–Crippen MR) is 85.7 cm³/mol. The molecule has 0 saturated heterocycles. The molecule has 1 aromatic rings. The zero-order valence-electron chi connectivity index (χ0n) is 12.4. The van der Waals surface area contributed by atoms with Gasteiger partial charge in [0, 0.05) is 16.5 Å². The number of hydrogen-bond acceptors (Lipinski definition) is 1. The maximum Gasteiger partial charge on any atom is 0.167 e. The Morgan fingerprint density at radius 1 is 1.10 bits per heavy atom. The predicted octanol–water partition coefficient (Wildman–Crippen LogP) is 6.03. The Labute approximate surface area is 131 Å². The Balaban J connectivity index is 2.07. The van der Waals surface area contributed by atoms with E-state index in [9.17, 15) is 4.79 Å².